The average molecular weight is 278 g/mol. The van der Waals surface area contributed by atoms with Crippen LogP contribution in [-0.2, 0) is 12.3 Å². The fraction of sp³-hybridized carbons (Fsp3) is 0.333. The van der Waals surface area contributed by atoms with Crippen molar-refractivity contribution in [2.75, 3.05) is 6.67 Å². The van der Waals surface area contributed by atoms with Gasteiger partial charge in [0.25, 0.3) is 0 Å². The standard InChI is InChI=1S/C15H16F2N2O/c1-11-8-13(19-14(18-11)15(2,17)10-16)20-9-12-6-4-3-5-7-12/h3-8H,9-10H2,1-2H3. The molecule has 0 spiro atoms. The van der Waals surface area contributed by atoms with Crippen LogP contribution in [0.4, 0.5) is 8.78 Å². The monoisotopic (exact) mass is 278 g/mol. The predicted octanol–water partition coefficient (Wildman–Crippen LogP) is 3.52. The number of benzene rings is 1. The molecule has 1 heterocycles. The number of aryl methyl sites for hydroxylation is 1. The van der Waals surface area contributed by atoms with Gasteiger partial charge in [-0.3, -0.25) is 0 Å². The number of hydrogen-bond donors (Lipinski definition) is 0. The highest BCUT2D eigenvalue weighted by Gasteiger charge is 2.30. The van der Waals surface area contributed by atoms with Gasteiger partial charge in [0, 0.05) is 11.8 Å². The van der Waals surface area contributed by atoms with Crippen molar-refractivity contribution in [2.24, 2.45) is 0 Å². The Balaban J connectivity index is 2.16. The van der Waals surface area contributed by atoms with Crippen LogP contribution >= 0.6 is 0 Å². The molecule has 0 aliphatic heterocycles. The fourth-order valence-electron chi connectivity index (χ4n) is 1.64. The molecule has 0 amide bonds. The van der Waals surface area contributed by atoms with E-state index in [0.29, 0.717) is 12.3 Å². The first kappa shape index (κ1) is 14.4. The molecular formula is C15H16F2N2O. The third kappa shape index (κ3) is 3.50. The average Bonchev–Trinajstić information content (AvgIpc) is 2.45. The molecule has 2 aromatic rings. The van der Waals surface area contributed by atoms with Crippen LogP contribution in [0.15, 0.2) is 36.4 Å². The lowest BCUT2D eigenvalue weighted by atomic mass is 10.1. The van der Waals surface area contributed by atoms with Crippen molar-refractivity contribution >= 4 is 0 Å². The molecule has 3 nitrogen and oxygen atoms in total. The van der Waals surface area contributed by atoms with Crippen molar-refractivity contribution in [3.63, 3.8) is 0 Å². The van der Waals surface area contributed by atoms with Crippen molar-refractivity contribution in [3.8, 4) is 5.88 Å². The van der Waals surface area contributed by atoms with E-state index < -0.39 is 12.3 Å². The van der Waals surface area contributed by atoms with Gasteiger partial charge >= 0.3 is 0 Å². The molecule has 2 rings (SSSR count). The second-order valence-electron chi connectivity index (χ2n) is 4.78. The Bertz CT molecular complexity index is 573. The van der Waals surface area contributed by atoms with Gasteiger partial charge in [0.2, 0.25) is 5.88 Å². The third-order valence-corrected chi connectivity index (χ3v) is 2.78. The minimum atomic E-state index is -2.20. The summed E-state index contributed by atoms with van der Waals surface area (Å²) in [5.41, 5.74) is -0.689. The van der Waals surface area contributed by atoms with Gasteiger partial charge in [0.05, 0.1) is 0 Å². The Morgan fingerprint density at radius 3 is 2.55 bits per heavy atom. The second kappa shape index (κ2) is 5.94. The molecular weight excluding hydrogens is 262 g/mol. The van der Waals surface area contributed by atoms with Crippen LogP contribution in [0.2, 0.25) is 0 Å². The molecule has 0 aliphatic carbocycles. The third-order valence-electron chi connectivity index (χ3n) is 2.78. The van der Waals surface area contributed by atoms with Gasteiger partial charge in [-0.25, -0.2) is 13.8 Å². The fourth-order valence-corrected chi connectivity index (χ4v) is 1.64. The van der Waals surface area contributed by atoms with Gasteiger partial charge in [-0.05, 0) is 19.4 Å². The first-order valence-electron chi connectivity index (χ1n) is 6.29. The minimum Gasteiger partial charge on any atom is -0.473 e. The zero-order chi connectivity index (χ0) is 14.6. The van der Waals surface area contributed by atoms with E-state index >= 15 is 0 Å². The van der Waals surface area contributed by atoms with E-state index in [0.717, 1.165) is 12.5 Å². The molecule has 0 bridgehead atoms. The van der Waals surface area contributed by atoms with Gasteiger partial charge in [0.15, 0.2) is 11.5 Å². The van der Waals surface area contributed by atoms with Crippen LogP contribution in [0.3, 0.4) is 0 Å². The molecule has 1 atom stereocenters. The molecule has 0 N–H and O–H groups in total. The van der Waals surface area contributed by atoms with Gasteiger partial charge < -0.3 is 4.74 Å². The SMILES string of the molecule is Cc1cc(OCc2ccccc2)nc(C(C)(F)CF)n1. The van der Waals surface area contributed by atoms with Crippen LogP contribution in [0, 0.1) is 6.92 Å². The van der Waals surface area contributed by atoms with Crippen LogP contribution in [0.1, 0.15) is 24.0 Å². The Labute approximate surface area is 116 Å². The summed E-state index contributed by atoms with van der Waals surface area (Å²) < 4.78 is 32.1. The van der Waals surface area contributed by atoms with E-state index in [1.807, 2.05) is 30.3 Å². The van der Waals surface area contributed by atoms with Crippen molar-refractivity contribution in [3.05, 3.63) is 53.5 Å². The molecule has 1 aromatic heterocycles. The van der Waals surface area contributed by atoms with Crippen molar-refractivity contribution in [2.45, 2.75) is 26.1 Å². The van der Waals surface area contributed by atoms with Gasteiger partial charge in [-0.15, -0.1) is 0 Å². The highest BCUT2D eigenvalue weighted by atomic mass is 19.2. The number of aromatic nitrogens is 2. The topological polar surface area (TPSA) is 35.0 Å². The second-order valence-corrected chi connectivity index (χ2v) is 4.78. The van der Waals surface area contributed by atoms with E-state index in [9.17, 15) is 8.78 Å². The molecule has 1 unspecified atom stereocenters. The Morgan fingerprint density at radius 1 is 1.20 bits per heavy atom. The zero-order valence-corrected chi connectivity index (χ0v) is 11.4. The number of nitrogens with zero attached hydrogens (tertiary/aromatic N) is 2. The maximum atomic E-state index is 13.9. The summed E-state index contributed by atoms with van der Waals surface area (Å²) >= 11 is 0. The smallest absolute Gasteiger partial charge is 0.217 e. The van der Waals surface area contributed by atoms with Crippen LogP contribution in [0.25, 0.3) is 0 Å². The van der Waals surface area contributed by atoms with E-state index in [-0.39, 0.29) is 11.7 Å². The minimum absolute atomic E-state index is 0.192. The quantitative estimate of drug-likeness (QED) is 0.839. The summed E-state index contributed by atoms with van der Waals surface area (Å²) in [4.78, 5) is 7.87. The number of rotatable bonds is 5. The molecule has 0 saturated carbocycles. The number of halogens is 2. The lowest BCUT2D eigenvalue weighted by Crippen LogP contribution is -2.22. The molecule has 0 radical (unpaired) electrons. The lowest BCUT2D eigenvalue weighted by molar-refractivity contribution is 0.129. The summed E-state index contributed by atoms with van der Waals surface area (Å²) in [6, 6.07) is 11.1. The van der Waals surface area contributed by atoms with E-state index in [2.05, 4.69) is 9.97 Å². The van der Waals surface area contributed by atoms with Crippen molar-refractivity contribution < 1.29 is 13.5 Å². The highest BCUT2D eigenvalue weighted by Crippen LogP contribution is 2.25. The Morgan fingerprint density at radius 2 is 1.90 bits per heavy atom. The van der Waals surface area contributed by atoms with E-state index in [1.165, 1.54) is 0 Å². The molecule has 106 valence electrons. The summed E-state index contributed by atoms with van der Waals surface area (Å²) in [5, 5.41) is 0. The van der Waals surface area contributed by atoms with Crippen molar-refractivity contribution in [1.82, 2.24) is 9.97 Å². The zero-order valence-electron chi connectivity index (χ0n) is 11.4. The largest absolute Gasteiger partial charge is 0.473 e. The first-order chi connectivity index (χ1) is 9.51. The van der Waals surface area contributed by atoms with Gasteiger partial charge in [-0.1, -0.05) is 30.3 Å². The van der Waals surface area contributed by atoms with Crippen LogP contribution < -0.4 is 4.74 Å². The Kier molecular flexibility index (Phi) is 4.27. The van der Waals surface area contributed by atoms with Gasteiger partial charge in [-0.2, -0.15) is 4.98 Å². The van der Waals surface area contributed by atoms with Crippen LogP contribution in [-0.4, -0.2) is 16.6 Å². The molecule has 5 heteroatoms. The Hall–Kier alpha value is -2.04. The summed E-state index contributed by atoms with van der Waals surface area (Å²) in [6.07, 6.45) is 0. The lowest BCUT2D eigenvalue weighted by Gasteiger charge is -2.16. The number of hydrogen-bond acceptors (Lipinski definition) is 3. The first-order valence-corrected chi connectivity index (χ1v) is 6.29. The summed E-state index contributed by atoms with van der Waals surface area (Å²) in [7, 11) is 0. The molecule has 0 fully saturated rings. The normalized spacial score (nSPS) is 13.8. The predicted molar refractivity (Wildman–Crippen MR) is 72.0 cm³/mol. The summed E-state index contributed by atoms with van der Waals surface area (Å²) in [6.45, 7) is 1.95. The van der Waals surface area contributed by atoms with E-state index in [4.69, 9.17) is 4.74 Å². The molecule has 20 heavy (non-hydrogen) atoms. The maximum Gasteiger partial charge on any atom is 0.217 e. The maximum absolute atomic E-state index is 13.9. The highest BCUT2D eigenvalue weighted by molar-refractivity contribution is 5.19. The van der Waals surface area contributed by atoms with Crippen LogP contribution in [0.5, 0.6) is 5.88 Å². The summed E-state index contributed by atoms with van der Waals surface area (Å²) in [5.74, 6) is 0.0525. The molecule has 0 saturated heterocycles. The molecule has 1 aromatic carbocycles. The van der Waals surface area contributed by atoms with Crippen molar-refractivity contribution in [1.29, 1.82) is 0 Å². The number of alkyl halides is 2. The number of ether oxygens (including phenoxy) is 1. The molecule has 0 aliphatic rings. The van der Waals surface area contributed by atoms with Gasteiger partial charge in [0.1, 0.15) is 13.3 Å². The van der Waals surface area contributed by atoms with E-state index in [1.54, 1.807) is 13.0 Å².